The first-order valence-electron chi connectivity index (χ1n) is 14.6. The van der Waals surface area contributed by atoms with E-state index in [9.17, 15) is 4.79 Å². The fourth-order valence-electron chi connectivity index (χ4n) is 8.34. The predicted molar refractivity (Wildman–Crippen MR) is 156 cm³/mol. The maximum absolute atomic E-state index is 13.3. The molecule has 2 aliphatic carbocycles. The van der Waals surface area contributed by atoms with E-state index in [0.29, 0.717) is 6.61 Å². The average Bonchev–Trinajstić information content (AvgIpc) is 3.46. The zero-order valence-corrected chi connectivity index (χ0v) is 25.5. The van der Waals surface area contributed by atoms with E-state index in [0.717, 1.165) is 24.0 Å². The lowest BCUT2D eigenvalue weighted by Crippen LogP contribution is -2.71. The summed E-state index contributed by atoms with van der Waals surface area (Å²) in [6.07, 6.45) is 9.38. The van der Waals surface area contributed by atoms with Gasteiger partial charge >= 0.3 is 6.16 Å². The largest absolute Gasteiger partial charge is 0.509 e. The molecule has 2 bridgehead atoms. The third-order valence-electron chi connectivity index (χ3n) is 11.3. The summed E-state index contributed by atoms with van der Waals surface area (Å²) in [7, 11) is -2.13. The molecule has 9 atom stereocenters. The molecule has 4 fully saturated rings. The van der Waals surface area contributed by atoms with Crippen LogP contribution in [0.3, 0.4) is 0 Å². The third kappa shape index (κ3) is 3.53. The number of ether oxygens (including phenoxy) is 3. The molecule has 0 unspecified atom stereocenters. The minimum atomic E-state index is -2.13. The molecule has 5 aliphatic rings. The number of carbonyl (C=O) groups excluding carboxylic acids is 1. The summed E-state index contributed by atoms with van der Waals surface area (Å²) >= 11 is 0. The van der Waals surface area contributed by atoms with Crippen LogP contribution in [0.4, 0.5) is 4.79 Å². The molecule has 39 heavy (non-hydrogen) atoms. The quantitative estimate of drug-likeness (QED) is 0.216. The molecule has 0 amide bonds. The lowest BCUT2D eigenvalue weighted by molar-refractivity contribution is -0.277. The zero-order chi connectivity index (χ0) is 28.0. The van der Waals surface area contributed by atoms with Gasteiger partial charge in [0, 0.05) is 17.8 Å². The summed E-state index contributed by atoms with van der Waals surface area (Å²) < 4.78 is 27.2. The van der Waals surface area contributed by atoms with E-state index in [1.807, 2.05) is 6.07 Å². The molecule has 210 valence electrons. The maximum Gasteiger partial charge on any atom is 0.509 e. The van der Waals surface area contributed by atoms with E-state index in [1.54, 1.807) is 0 Å². The second-order valence-corrected chi connectivity index (χ2v) is 19.0. The van der Waals surface area contributed by atoms with Crippen molar-refractivity contribution in [3.05, 3.63) is 66.3 Å². The van der Waals surface area contributed by atoms with Gasteiger partial charge in [-0.05, 0) is 53.9 Å². The molecular formula is C33H44O5Si. The van der Waals surface area contributed by atoms with Crippen molar-refractivity contribution in [2.45, 2.75) is 88.5 Å². The van der Waals surface area contributed by atoms with Crippen LogP contribution in [-0.4, -0.2) is 44.0 Å². The van der Waals surface area contributed by atoms with E-state index in [1.165, 1.54) is 0 Å². The van der Waals surface area contributed by atoms with E-state index in [4.69, 9.17) is 18.6 Å². The van der Waals surface area contributed by atoms with Gasteiger partial charge in [-0.3, -0.25) is 0 Å². The molecule has 0 radical (unpaired) electrons. The molecule has 5 nitrogen and oxygen atoms in total. The van der Waals surface area contributed by atoms with Crippen molar-refractivity contribution in [1.29, 1.82) is 0 Å². The van der Waals surface area contributed by atoms with Gasteiger partial charge in [0.15, 0.2) is 20.0 Å². The fraction of sp³-hybridized carbons (Fsp3) is 0.606. The van der Waals surface area contributed by atoms with Crippen molar-refractivity contribution >= 4 is 20.5 Å². The van der Waals surface area contributed by atoms with Crippen LogP contribution < -0.4 is 0 Å². The SMILES string of the molecule is C=C[C@@H]1CC=C[C@@H]2C[C@]3(CO[Si](C)(C)C(C)(C)C)O[C@]12[C@@H]1[C@@H](C)[C@H](C)/C(=C\c2ccccc2)[C@]12OC(=O)O[C@H]32. The van der Waals surface area contributed by atoms with Crippen molar-refractivity contribution < 1.29 is 23.4 Å². The highest BCUT2D eigenvalue weighted by Crippen LogP contribution is 2.73. The van der Waals surface area contributed by atoms with Crippen LogP contribution in [-0.2, 0) is 18.6 Å². The molecule has 6 heteroatoms. The number of allylic oxidation sites excluding steroid dienone is 1. The number of fused-ring (bicyclic) bond motifs is 2. The van der Waals surface area contributed by atoms with Gasteiger partial charge in [-0.2, -0.15) is 0 Å². The molecular weight excluding hydrogens is 504 g/mol. The van der Waals surface area contributed by atoms with Gasteiger partial charge in [0.05, 0.1) is 12.2 Å². The Hall–Kier alpha value is -2.15. The lowest BCUT2D eigenvalue weighted by atomic mass is 9.59. The minimum Gasteiger partial charge on any atom is -0.423 e. The normalized spacial score (nSPS) is 43.5. The molecule has 0 aromatic heterocycles. The first-order chi connectivity index (χ1) is 18.3. The Morgan fingerprint density at radius 3 is 2.56 bits per heavy atom. The van der Waals surface area contributed by atoms with Gasteiger partial charge in [-0.25, -0.2) is 4.79 Å². The van der Waals surface area contributed by atoms with E-state index in [2.05, 4.69) is 103 Å². The van der Waals surface area contributed by atoms with Crippen LogP contribution >= 0.6 is 0 Å². The highest BCUT2D eigenvalue weighted by Gasteiger charge is 2.84. The average molecular weight is 549 g/mol. The van der Waals surface area contributed by atoms with Gasteiger partial charge in [-0.15, -0.1) is 6.58 Å². The second kappa shape index (κ2) is 8.67. The fourth-order valence-corrected chi connectivity index (χ4v) is 9.38. The van der Waals surface area contributed by atoms with Crippen LogP contribution in [0.25, 0.3) is 6.08 Å². The summed E-state index contributed by atoms with van der Waals surface area (Å²) in [4.78, 5) is 13.3. The molecule has 3 aliphatic heterocycles. The Labute approximate surface area is 234 Å². The van der Waals surface area contributed by atoms with Crippen LogP contribution in [0.5, 0.6) is 0 Å². The number of benzene rings is 1. The first-order valence-corrected chi connectivity index (χ1v) is 17.5. The lowest BCUT2D eigenvalue weighted by Gasteiger charge is -2.57. The topological polar surface area (TPSA) is 54.0 Å². The Kier molecular flexibility index (Phi) is 6.01. The van der Waals surface area contributed by atoms with Crippen LogP contribution in [0.15, 0.2) is 60.7 Å². The first kappa shape index (κ1) is 27.0. The van der Waals surface area contributed by atoms with Crippen LogP contribution in [0.2, 0.25) is 18.1 Å². The molecule has 1 aromatic rings. The summed E-state index contributed by atoms with van der Waals surface area (Å²) in [6.45, 7) is 20.5. The molecule has 2 spiro atoms. The molecule has 6 rings (SSSR count). The monoisotopic (exact) mass is 548 g/mol. The van der Waals surface area contributed by atoms with Crippen molar-refractivity contribution in [3.63, 3.8) is 0 Å². The Balaban J connectivity index is 1.57. The predicted octanol–water partition coefficient (Wildman–Crippen LogP) is 7.56. The van der Waals surface area contributed by atoms with E-state index < -0.39 is 37.4 Å². The summed E-state index contributed by atoms with van der Waals surface area (Å²) in [5.41, 5.74) is -0.0242. The van der Waals surface area contributed by atoms with Gasteiger partial charge in [0.25, 0.3) is 0 Å². The van der Waals surface area contributed by atoms with Gasteiger partial charge < -0.3 is 18.6 Å². The number of rotatable bonds is 5. The molecule has 1 aromatic carbocycles. The van der Waals surface area contributed by atoms with Crippen molar-refractivity contribution in [1.82, 2.24) is 0 Å². The smallest absolute Gasteiger partial charge is 0.423 e. The summed E-state index contributed by atoms with van der Waals surface area (Å²) in [5.74, 6) is 0.603. The van der Waals surface area contributed by atoms with Crippen LogP contribution in [0, 0.1) is 29.6 Å². The minimum absolute atomic E-state index is 0.0444. The van der Waals surface area contributed by atoms with Gasteiger partial charge in [-0.1, -0.05) is 89.3 Å². The maximum atomic E-state index is 13.3. The van der Waals surface area contributed by atoms with Crippen molar-refractivity contribution in [2.75, 3.05) is 6.61 Å². The highest BCUT2D eigenvalue weighted by atomic mass is 28.4. The molecule has 1 saturated carbocycles. The van der Waals surface area contributed by atoms with Crippen molar-refractivity contribution in [2.24, 2.45) is 29.6 Å². The third-order valence-corrected chi connectivity index (χ3v) is 15.8. The number of hydrogen-bond donors (Lipinski definition) is 0. The number of carbonyl (C=O) groups is 1. The van der Waals surface area contributed by atoms with E-state index >= 15 is 0 Å². The van der Waals surface area contributed by atoms with Gasteiger partial charge in [0.2, 0.25) is 0 Å². The highest BCUT2D eigenvalue weighted by molar-refractivity contribution is 6.74. The van der Waals surface area contributed by atoms with Gasteiger partial charge in [0.1, 0.15) is 5.60 Å². The summed E-state index contributed by atoms with van der Waals surface area (Å²) in [6, 6.07) is 10.4. The second-order valence-electron chi connectivity index (χ2n) is 14.2. The molecule has 0 N–H and O–H groups in total. The molecule has 3 heterocycles. The Morgan fingerprint density at radius 1 is 1.18 bits per heavy atom. The molecule has 3 saturated heterocycles. The number of hydrogen-bond acceptors (Lipinski definition) is 5. The van der Waals surface area contributed by atoms with E-state index in [-0.39, 0.29) is 34.6 Å². The Morgan fingerprint density at radius 2 is 1.90 bits per heavy atom. The van der Waals surface area contributed by atoms with Crippen molar-refractivity contribution in [3.8, 4) is 0 Å². The zero-order valence-electron chi connectivity index (χ0n) is 24.5. The standard InChI is InChI=1S/C33H44O5Si/c1-9-24-16-13-17-25-19-31(20-35-39(7,8)30(4,5)6)28-33(37-29(34)36-28)26(18-23-14-11-10-12-15-23)21(2)22(3)27(33)32(24,25)38-31/h9-15,17-18,21-22,24-25,27-28H,1,16,19-20H2,2-8H3/b26-18+/t21-,22-,24+,25+,27-,28+,31+,32+,33-/m0/s1. The summed E-state index contributed by atoms with van der Waals surface area (Å²) in [5, 5.41) is 0.0444. The Bertz CT molecular complexity index is 1230. The van der Waals surface area contributed by atoms with Crippen LogP contribution in [0.1, 0.15) is 53.0 Å².